The fourth-order valence-corrected chi connectivity index (χ4v) is 2.10. The van der Waals surface area contributed by atoms with Gasteiger partial charge in [-0.15, -0.1) is 0 Å². The third-order valence-corrected chi connectivity index (χ3v) is 3.83. The molecular weight excluding hydrogens is 312 g/mol. The lowest BCUT2D eigenvalue weighted by Gasteiger charge is -2.13. The molecule has 1 aliphatic rings. The van der Waals surface area contributed by atoms with Gasteiger partial charge in [-0.2, -0.15) is 0 Å². The van der Waals surface area contributed by atoms with Gasteiger partial charge in [0.1, 0.15) is 11.9 Å². The van der Waals surface area contributed by atoms with E-state index in [1.807, 2.05) is 13.0 Å². The predicted octanol–water partition coefficient (Wildman–Crippen LogP) is 1.50. The Kier molecular flexibility index (Phi) is 4.04. The molecule has 0 radical (unpaired) electrons. The third kappa shape index (κ3) is 3.23. The van der Waals surface area contributed by atoms with E-state index in [1.54, 1.807) is 18.0 Å². The van der Waals surface area contributed by atoms with Crippen molar-refractivity contribution in [2.24, 2.45) is 0 Å². The Labute approximate surface area is 119 Å². The molecule has 6 nitrogen and oxygen atoms in total. The number of pyridine rings is 1. The fraction of sp³-hybridized carbons (Fsp3) is 0.417. The quantitative estimate of drug-likeness (QED) is 0.865. The lowest BCUT2D eigenvalue weighted by atomic mass is 10.2. The van der Waals surface area contributed by atoms with Crippen molar-refractivity contribution >= 4 is 33.7 Å². The number of carbonyl (C=O) groups is 2. The molecule has 1 aliphatic heterocycles. The molecule has 1 aromatic heterocycles. The first-order valence-electron chi connectivity index (χ1n) is 5.93. The molecule has 1 fully saturated rings. The lowest BCUT2D eigenvalue weighted by molar-refractivity contribution is -0.128. The maximum atomic E-state index is 11.8. The van der Waals surface area contributed by atoms with Crippen LogP contribution in [0.5, 0.6) is 0 Å². The molecule has 1 aromatic rings. The molecule has 2 rings (SSSR count). The second-order valence-corrected chi connectivity index (χ2v) is 5.32. The van der Waals surface area contributed by atoms with Gasteiger partial charge in [-0.3, -0.25) is 10.1 Å². The smallest absolute Gasteiger partial charge is 0.321 e. The second-order valence-electron chi connectivity index (χ2n) is 4.46. The van der Waals surface area contributed by atoms with Crippen molar-refractivity contribution < 1.29 is 9.59 Å². The molecule has 2 heterocycles. The molecule has 0 aliphatic carbocycles. The standard InChI is InChI=1S/C12H15BrN4O2/c1-7-8(13)3-4-10(14-7)16-12(19)15-9-5-6-17(2)11(9)18/h3-4,9H,5-6H2,1-2H3,(H2,14,15,16,19)/t9-/m0/s1. The van der Waals surface area contributed by atoms with Crippen LogP contribution in [-0.4, -0.2) is 41.5 Å². The number of carbonyl (C=O) groups excluding carboxylic acids is 2. The minimum absolute atomic E-state index is 0.0601. The summed E-state index contributed by atoms with van der Waals surface area (Å²) in [5, 5.41) is 5.27. The van der Waals surface area contributed by atoms with E-state index >= 15 is 0 Å². The highest BCUT2D eigenvalue weighted by Crippen LogP contribution is 2.16. The lowest BCUT2D eigenvalue weighted by Crippen LogP contribution is -2.42. The molecule has 0 spiro atoms. The number of urea groups is 1. The zero-order chi connectivity index (χ0) is 14.0. The molecule has 1 atom stereocenters. The largest absolute Gasteiger partial charge is 0.344 e. The van der Waals surface area contributed by atoms with Gasteiger partial charge in [0.15, 0.2) is 0 Å². The molecule has 0 aromatic carbocycles. The van der Waals surface area contributed by atoms with E-state index < -0.39 is 12.1 Å². The molecule has 3 amide bonds. The van der Waals surface area contributed by atoms with E-state index in [2.05, 4.69) is 31.5 Å². The van der Waals surface area contributed by atoms with Gasteiger partial charge < -0.3 is 10.2 Å². The average molecular weight is 327 g/mol. The molecular formula is C12H15BrN4O2. The Morgan fingerprint density at radius 3 is 2.84 bits per heavy atom. The van der Waals surface area contributed by atoms with Gasteiger partial charge in [0.05, 0.1) is 5.69 Å². The molecule has 2 N–H and O–H groups in total. The van der Waals surface area contributed by atoms with Crippen LogP contribution in [0.25, 0.3) is 0 Å². The molecule has 102 valence electrons. The van der Waals surface area contributed by atoms with Gasteiger partial charge in [0, 0.05) is 18.1 Å². The van der Waals surface area contributed by atoms with Crippen molar-refractivity contribution in [2.45, 2.75) is 19.4 Å². The molecule has 19 heavy (non-hydrogen) atoms. The summed E-state index contributed by atoms with van der Waals surface area (Å²) in [6.07, 6.45) is 0.634. The number of aromatic nitrogens is 1. The van der Waals surface area contributed by atoms with Gasteiger partial charge in [-0.25, -0.2) is 9.78 Å². The van der Waals surface area contributed by atoms with E-state index in [0.717, 1.165) is 10.2 Å². The summed E-state index contributed by atoms with van der Waals surface area (Å²) in [7, 11) is 1.72. The summed E-state index contributed by atoms with van der Waals surface area (Å²) in [5.74, 6) is 0.395. The van der Waals surface area contributed by atoms with Crippen LogP contribution in [0.2, 0.25) is 0 Å². The molecule has 7 heteroatoms. The van der Waals surface area contributed by atoms with Crippen LogP contribution < -0.4 is 10.6 Å². The first-order chi connectivity index (χ1) is 8.97. The maximum absolute atomic E-state index is 11.8. The highest BCUT2D eigenvalue weighted by molar-refractivity contribution is 9.10. The van der Waals surface area contributed by atoms with Crippen LogP contribution in [0.3, 0.4) is 0 Å². The van der Waals surface area contributed by atoms with Gasteiger partial charge in [0.25, 0.3) is 0 Å². The van der Waals surface area contributed by atoms with Crippen LogP contribution >= 0.6 is 15.9 Å². The number of aryl methyl sites for hydroxylation is 1. The Morgan fingerprint density at radius 2 is 2.26 bits per heavy atom. The van der Waals surface area contributed by atoms with Gasteiger partial charge in [-0.1, -0.05) is 0 Å². The zero-order valence-corrected chi connectivity index (χ0v) is 12.3. The first kappa shape index (κ1) is 13.8. The van der Waals surface area contributed by atoms with E-state index in [4.69, 9.17) is 0 Å². The molecule has 0 unspecified atom stereocenters. The average Bonchev–Trinajstić information content (AvgIpc) is 2.66. The second kappa shape index (κ2) is 5.56. The number of nitrogens with one attached hydrogen (secondary N) is 2. The Bertz CT molecular complexity index is 520. The number of likely N-dealkylation sites (N-methyl/N-ethyl adjacent to an activating group) is 1. The summed E-state index contributed by atoms with van der Waals surface area (Å²) in [4.78, 5) is 29.2. The maximum Gasteiger partial charge on any atom is 0.321 e. The minimum Gasteiger partial charge on any atom is -0.344 e. The van der Waals surface area contributed by atoms with Crippen molar-refractivity contribution in [3.8, 4) is 0 Å². The van der Waals surface area contributed by atoms with Crippen molar-refractivity contribution in [3.63, 3.8) is 0 Å². The summed E-state index contributed by atoms with van der Waals surface area (Å²) in [6, 6.07) is 2.65. The number of anilines is 1. The summed E-state index contributed by atoms with van der Waals surface area (Å²) in [6.45, 7) is 2.50. The van der Waals surface area contributed by atoms with E-state index in [-0.39, 0.29) is 5.91 Å². The molecule has 0 bridgehead atoms. The predicted molar refractivity (Wildman–Crippen MR) is 74.9 cm³/mol. The summed E-state index contributed by atoms with van der Waals surface area (Å²) in [5.41, 5.74) is 0.787. The monoisotopic (exact) mass is 326 g/mol. The number of likely N-dealkylation sites (tertiary alicyclic amines) is 1. The van der Waals surface area contributed by atoms with Crippen molar-refractivity contribution in [1.29, 1.82) is 0 Å². The first-order valence-corrected chi connectivity index (χ1v) is 6.72. The summed E-state index contributed by atoms with van der Waals surface area (Å²) >= 11 is 3.34. The van der Waals surface area contributed by atoms with Crippen LogP contribution in [0.1, 0.15) is 12.1 Å². The van der Waals surface area contributed by atoms with Crippen molar-refractivity contribution in [2.75, 3.05) is 18.9 Å². The third-order valence-electron chi connectivity index (χ3n) is 3.00. The van der Waals surface area contributed by atoms with E-state index in [9.17, 15) is 9.59 Å². The van der Waals surface area contributed by atoms with Crippen LogP contribution in [0.15, 0.2) is 16.6 Å². The van der Waals surface area contributed by atoms with Gasteiger partial charge in [-0.05, 0) is 41.4 Å². The number of hydrogen-bond donors (Lipinski definition) is 2. The highest BCUT2D eigenvalue weighted by Gasteiger charge is 2.30. The minimum atomic E-state index is -0.443. The molecule has 1 saturated heterocycles. The van der Waals surface area contributed by atoms with Crippen molar-refractivity contribution in [1.82, 2.24) is 15.2 Å². The Morgan fingerprint density at radius 1 is 1.53 bits per heavy atom. The normalized spacial score (nSPS) is 18.6. The number of nitrogens with zero attached hydrogens (tertiary/aromatic N) is 2. The van der Waals surface area contributed by atoms with E-state index in [1.165, 1.54) is 0 Å². The van der Waals surface area contributed by atoms with Gasteiger partial charge in [0.2, 0.25) is 5.91 Å². The molecule has 0 saturated carbocycles. The number of rotatable bonds is 2. The van der Waals surface area contributed by atoms with Crippen LogP contribution in [0, 0.1) is 6.92 Å². The SMILES string of the molecule is Cc1nc(NC(=O)N[C@H]2CCN(C)C2=O)ccc1Br. The van der Waals surface area contributed by atoms with Crippen LogP contribution in [-0.2, 0) is 4.79 Å². The van der Waals surface area contributed by atoms with Gasteiger partial charge >= 0.3 is 6.03 Å². The number of hydrogen-bond acceptors (Lipinski definition) is 3. The fourth-order valence-electron chi connectivity index (χ4n) is 1.88. The Balaban J connectivity index is 1.94. The van der Waals surface area contributed by atoms with E-state index in [0.29, 0.717) is 18.8 Å². The zero-order valence-electron chi connectivity index (χ0n) is 10.7. The topological polar surface area (TPSA) is 74.3 Å². The number of halogens is 1. The van der Waals surface area contributed by atoms with Crippen LogP contribution in [0.4, 0.5) is 10.6 Å². The number of amides is 3. The summed E-state index contributed by atoms with van der Waals surface area (Å²) < 4.78 is 0.881. The van der Waals surface area contributed by atoms with Crippen molar-refractivity contribution in [3.05, 3.63) is 22.3 Å². The Hall–Kier alpha value is -1.63. The highest BCUT2D eigenvalue weighted by atomic mass is 79.9.